The zero-order chi connectivity index (χ0) is 13.9. The highest BCUT2D eigenvalue weighted by molar-refractivity contribution is 5.17. The molecule has 2 rings (SSSR count). The van der Waals surface area contributed by atoms with Crippen molar-refractivity contribution in [3.8, 4) is 0 Å². The van der Waals surface area contributed by atoms with Gasteiger partial charge in [-0.15, -0.1) is 5.10 Å². The summed E-state index contributed by atoms with van der Waals surface area (Å²) in [5.74, 6) is -0.215. The van der Waals surface area contributed by atoms with Crippen molar-refractivity contribution in [2.75, 3.05) is 0 Å². The van der Waals surface area contributed by atoms with E-state index in [0.29, 0.717) is 18.7 Å². The van der Waals surface area contributed by atoms with Crippen LogP contribution in [0.4, 0.5) is 4.39 Å². The SMILES string of the molecule is CC(C)(C)NCc1cn(Cc2ccccc2F)nn1. The van der Waals surface area contributed by atoms with Crippen LogP contribution in [0.1, 0.15) is 32.0 Å². The fourth-order valence-electron chi connectivity index (χ4n) is 1.65. The van der Waals surface area contributed by atoms with Crippen LogP contribution in [-0.4, -0.2) is 20.5 Å². The smallest absolute Gasteiger partial charge is 0.128 e. The molecule has 0 aliphatic rings. The molecule has 102 valence electrons. The van der Waals surface area contributed by atoms with E-state index in [1.165, 1.54) is 6.07 Å². The van der Waals surface area contributed by atoms with Gasteiger partial charge < -0.3 is 5.32 Å². The molecule has 1 aromatic carbocycles. The molecule has 1 N–H and O–H groups in total. The summed E-state index contributed by atoms with van der Waals surface area (Å²) >= 11 is 0. The molecule has 0 aliphatic carbocycles. The van der Waals surface area contributed by atoms with Gasteiger partial charge in [-0.25, -0.2) is 9.07 Å². The molecule has 5 heteroatoms. The van der Waals surface area contributed by atoms with Crippen LogP contribution in [0.3, 0.4) is 0 Å². The predicted octanol–water partition coefficient (Wildman–Crippen LogP) is 2.35. The molecule has 0 radical (unpaired) electrons. The molecule has 0 aliphatic heterocycles. The number of hydrogen-bond acceptors (Lipinski definition) is 3. The third-order valence-corrected chi connectivity index (χ3v) is 2.68. The van der Waals surface area contributed by atoms with Gasteiger partial charge in [-0.3, -0.25) is 0 Å². The van der Waals surface area contributed by atoms with E-state index in [9.17, 15) is 4.39 Å². The first-order valence-electron chi connectivity index (χ1n) is 6.31. The second kappa shape index (κ2) is 5.48. The minimum atomic E-state index is -0.215. The van der Waals surface area contributed by atoms with E-state index < -0.39 is 0 Å². The summed E-state index contributed by atoms with van der Waals surface area (Å²) in [5.41, 5.74) is 1.50. The summed E-state index contributed by atoms with van der Waals surface area (Å²) in [4.78, 5) is 0. The summed E-state index contributed by atoms with van der Waals surface area (Å²) in [6.45, 7) is 7.33. The van der Waals surface area contributed by atoms with Gasteiger partial charge in [0.15, 0.2) is 0 Å². The summed E-state index contributed by atoms with van der Waals surface area (Å²) in [6.07, 6.45) is 1.84. The van der Waals surface area contributed by atoms with Crippen LogP contribution in [0, 0.1) is 5.82 Å². The van der Waals surface area contributed by atoms with Crippen LogP contribution in [0.15, 0.2) is 30.5 Å². The third-order valence-electron chi connectivity index (χ3n) is 2.68. The Kier molecular flexibility index (Phi) is 3.95. The standard InChI is InChI=1S/C14H19FN4/c1-14(2,3)16-8-12-10-19(18-17-12)9-11-6-4-5-7-13(11)15/h4-7,10,16H,8-9H2,1-3H3. The van der Waals surface area contributed by atoms with Crippen LogP contribution < -0.4 is 5.32 Å². The van der Waals surface area contributed by atoms with Crippen molar-refractivity contribution in [2.45, 2.75) is 39.4 Å². The molecule has 0 atom stereocenters. The first kappa shape index (κ1) is 13.7. The maximum atomic E-state index is 13.5. The molecule has 0 saturated heterocycles. The Balaban J connectivity index is 2.00. The molecule has 0 fully saturated rings. The number of rotatable bonds is 4. The lowest BCUT2D eigenvalue weighted by atomic mass is 10.1. The van der Waals surface area contributed by atoms with Gasteiger partial charge in [-0.05, 0) is 26.8 Å². The van der Waals surface area contributed by atoms with Gasteiger partial charge in [0.25, 0.3) is 0 Å². The van der Waals surface area contributed by atoms with E-state index in [0.717, 1.165) is 5.69 Å². The van der Waals surface area contributed by atoms with E-state index in [-0.39, 0.29) is 11.4 Å². The lowest BCUT2D eigenvalue weighted by Crippen LogP contribution is -2.35. The summed E-state index contributed by atoms with van der Waals surface area (Å²) in [6, 6.07) is 6.70. The fourth-order valence-corrected chi connectivity index (χ4v) is 1.65. The van der Waals surface area contributed by atoms with Crippen molar-refractivity contribution in [2.24, 2.45) is 0 Å². The minimum absolute atomic E-state index is 0.0370. The van der Waals surface area contributed by atoms with Crippen molar-refractivity contribution < 1.29 is 4.39 Å². The van der Waals surface area contributed by atoms with Crippen molar-refractivity contribution in [1.29, 1.82) is 0 Å². The highest BCUT2D eigenvalue weighted by Crippen LogP contribution is 2.08. The molecular weight excluding hydrogens is 243 g/mol. The Morgan fingerprint density at radius 2 is 2.00 bits per heavy atom. The lowest BCUT2D eigenvalue weighted by Gasteiger charge is -2.19. The molecule has 1 aromatic heterocycles. The number of nitrogens with one attached hydrogen (secondary N) is 1. The van der Waals surface area contributed by atoms with Gasteiger partial charge in [-0.1, -0.05) is 23.4 Å². The van der Waals surface area contributed by atoms with E-state index in [4.69, 9.17) is 0 Å². The summed E-state index contributed by atoms with van der Waals surface area (Å²) in [7, 11) is 0. The van der Waals surface area contributed by atoms with E-state index in [1.54, 1.807) is 16.8 Å². The molecule has 0 bridgehead atoms. The average Bonchev–Trinajstić information content (AvgIpc) is 2.77. The molecule has 1 heterocycles. The topological polar surface area (TPSA) is 42.7 Å². The quantitative estimate of drug-likeness (QED) is 0.919. The second-order valence-electron chi connectivity index (χ2n) is 5.60. The number of nitrogens with zero attached hydrogens (tertiary/aromatic N) is 3. The van der Waals surface area contributed by atoms with E-state index in [1.807, 2.05) is 12.3 Å². The van der Waals surface area contributed by atoms with Crippen LogP contribution in [0.5, 0.6) is 0 Å². The molecule has 2 aromatic rings. The van der Waals surface area contributed by atoms with Crippen LogP contribution >= 0.6 is 0 Å². The molecule has 19 heavy (non-hydrogen) atoms. The largest absolute Gasteiger partial charge is 0.306 e. The molecule has 0 amide bonds. The number of hydrogen-bond donors (Lipinski definition) is 1. The van der Waals surface area contributed by atoms with Crippen molar-refractivity contribution in [1.82, 2.24) is 20.3 Å². The zero-order valence-electron chi connectivity index (χ0n) is 11.5. The summed E-state index contributed by atoms with van der Waals surface area (Å²) < 4.78 is 15.2. The van der Waals surface area contributed by atoms with Crippen molar-refractivity contribution in [3.63, 3.8) is 0 Å². The average molecular weight is 262 g/mol. The van der Waals surface area contributed by atoms with Crippen LogP contribution in [0.2, 0.25) is 0 Å². The minimum Gasteiger partial charge on any atom is -0.306 e. The van der Waals surface area contributed by atoms with E-state index in [2.05, 4.69) is 36.4 Å². The highest BCUT2D eigenvalue weighted by Gasteiger charge is 2.10. The third kappa shape index (κ3) is 4.13. The Hall–Kier alpha value is -1.75. The first-order chi connectivity index (χ1) is 8.94. The number of halogens is 1. The Bertz CT molecular complexity index is 542. The predicted molar refractivity (Wildman–Crippen MR) is 72.1 cm³/mol. The molecule has 0 unspecified atom stereocenters. The summed E-state index contributed by atoms with van der Waals surface area (Å²) in [5, 5.41) is 11.4. The molecule has 0 saturated carbocycles. The van der Waals surface area contributed by atoms with Crippen molar-refractivity contribution >= 4 is 0 Å². The van der Waals surface area contributed by atoms with Gasteiger partial charge in [0.2, 0.25) is 0 Å². The molecular formula is C14H19FN4. The maximum Gasteiger partial charge on any atom is 0.128 e. The Morgan fingerprint density at radius 1 is 1.26 bits per heavy atom. The van der Waals surface area contributed by atoms with Crippen LogP contribution in [0.25, 0.3) is 0 Å². The van der Waals surface area contributed by atoms with Gasteiger partial charge >= 0.3 is 0 Å². The Morgan fingerprint density at radius 3 is 2.68 bits per heavy atom. The number of benzene rings is 1. The van der Waals surface area contributed by atoms with Gasteiger partial charge in [0.05, 0.1) is 18.4 Å². The molecule has 4 nitrogen and oxygen atoms in total. The van der Waals surface area contributed by atoms with Crippen molar-refractivity contribution in [3.05, 3.63) is 47.5 Å². The van der Waals surface area contributed by atoms with Gasteiger partial charge in [-0.2, -0.15) is 0 Å². The number of aromatic nitrogens is 3. The first-order valence-corrected chi connectivity index (χ1v) is 6.31. The maximum absolute atomic E-state index is 13.5. The Labute approximate surface area is 112 Å². The zero-order valence-corrected chi connectivity index (χ0v) is 11.5. The van der Waals surface area contributed by atoms with Gasteiger partial charge in [0, 0.05) is 17.6 Å². The lowest BCUT2D eigenvalue weighted by molar-refractivity contribution is 0.421. The molecule has 0 spiro atoms. The van der Waals surface area contributed by atoms with Gasteiger partial charge in [0.1, 0.15) is 5.82 Å². The van der Waals surface area contributed by atoms with Crippen LogP contribution in [-0.2, 0) is 13.1 Å². The monoisotopic (exact) mass is 262 g/mol. The fraction of sp³-hybridized carbons (Fsp3) is 0.429. The van der Waals surface area contributed by atoms with E-state index >= 15 is 0 Å². The second-order valence-corrected chi connectivity index (χ2v) is 5.60. The normalized spacial score (nSPS) is 11.8. The highest BCUT2D eigenvalue weighted by atomic mass is 19.1.